The summed E-state index contributed by atoms with van der Waals surface area (Å²) in [6.07, 6.45) is 4.92. The van der Waals surface area contributed by atoms with Gasteiger partial charge >= 0.3 is 0 Å². The molecule has 0 fully saturated rings. The van der Waals surface area contributed by atoms with Crippen LogP contribution in [0.4, 0.5) is 0 Å². The molecule has 0 bridgehead atoms. The number of ether oxygens (including phenoxy) is 1. The summed E-state index contributed by atoms with van der Waals surface area (Å²) in [4.78, 5) is 15.8. The van der Waals surface area contributed by atoms with Gasteiger partial charge in [0.25, 0.3) is 5.56 Å². The lowest BCUT2D eigenvalue weighted by atomic mass is 10.1. The fraction of sp³-hybridized carbons (Fsp3) is 0.133. The Bertz CT molecular complexity index is 725. The second kappa shape index (κ2) is 6.85. The molecule has 2 heterocycles. The van der Waals surface area contributed by atoms with E-state index in [1.165, 1.54) is 16.8 Å². The normalized spacial score (nSPS) is 10.1. The van der Waals surface area contributed by atoms with Crippen molar-refractivity contribution in [2.75, 3.05) is 6.61 Å². The molecule has 0 unspecified atom stereocenters. The van der Waals surface area contributed by atoms with E-state index in [4.69, 9.17) is 16.3 Å². The monoisotopic (exact) mass is 303 g/mol. The van der Waals surface area contributed by atoms with Crippen LogP contribution in [0.15, 0.2) is 42.3 Å². The minimum atomic E-state index is -0.228. The molecule has 0 N–H and O–H groups in total. The van der Waals surface area contributed by atoms with Crippen molar-refractivity contribution in [2.45, 2.75) is 6.54 Å². The van der Waals surface area contributed by atoms with Crippen molar-refractivity contribution in [3.63, 3.8) is 0 Å². The third-order valence-electron chi connectivity index (χ3n) is 2.77. The number of aromatic nitrogens is 3. The van der Waals surface area contributed by atoms with Crippen LogP contribution in [0.25, 0.3) is 12.2 Å². The minimum absolute atomic E-state index is 0.228. The Morgan fingerprint density at radius 3 is 2.81 bits per heavy atom. The van der Waals surface area contributed by atoms with E-state index in [9.17, 15) is 4.79 Å². The van der Waals surface area contributed by atoms with Gasteiger partial charge in [0.1, 0.15) is 17.5 Å². The van der Waals surface area contributed by atoms with E-state index < -0.39 is 0 Å². The molecule has 2 rings (SSSR count). The Labute approximate surface area is 127 Å². The second-order valence-electron chi connectivity index (χ2n) is 4.08. The van der Waals surface area contributed by atoms with Crippen molar-refractivity contribution in [3.05, 3.63) is 64.3 Å². The van der Waals surface area contributed by atoms with Gasteiger partial charge in [0, 0.05) is 17.8 Å². The molecule has 0 atom stereocenters. The lowest BCUT2D eigenvalue weighted by Gasteiger charge is -2.11. The SMILES string of the molecule is C=Cc1nccc(OCCn2nc(Cl)ccc2=O)c1C=C. The molecule has 0 saturated carbocycles. The van der Waals surface area contributed by atoms with Crippen LogP contribution >= 0.6 is 11.6 Å². The fourth-order valence-electron chi connectivity index (χ4n) is 1.79. The Morgan fingerprint density at radius 1 is 1.29 bits per heavy atom. The third-order valence-corrected chi connectivity index (χ3v) is 2.97. The highest BCUT2D eigenvalue weighted by atomic mass is 35.5. The van der Waals surface area contributed by atoms with Gasteiger partial charge in [0.15, 0.2) is 0 Å². The second-order valence-corrected chi connectivity index (χ2v) is 4.47. The summed E-state index contributed by atoms with van der Waals surface area (Å²) in [5, 5.41) is 4.18. The quantitative estimate of drug-likeness (QED) is 0.823. The summed E-state index contributed by atoms with van der Waals surface area (Å²) >= 11 is 5.76. The number of nitrogens with zero attached hydrogens (tertiary/aromatic N) is 3. The summed E-state index contributed by atoms with van der Waals surface area (Å²) in [6, 6.07) is 4.56. The van der Waals surface area contributed by atoms with Gasteiger partial charge in [-0.1, -0.05) is 30.8 Å². The van der Waals surface area contributed by atoms with E-state index in [0.717, 1.165) is 5.56 Å². The summed E-state index contributed by atoms with van der Waals surface area (Å²) < 4.78 is 6.92. The van der Waals surface area contributed by atoms with E-state index in [1.54, 1.807) is 24.4 Å². The maximum absolute atomic E-state index is 11.6. The minimum Gasteiger partial charge on any atom is -0.491 e. The van der Waals surface area contributed by atoms with Gasteiger partial charge in [-0.25, -0.2) is 4.68 Å². The maximum atomic E-state index is 11.6. The smallest absolute Gasteiger partial charge is 0.266 e. The van der Waals surface area contributed by atoms with E-state index in [0.29, 0.717) is 18.0 Å². The molecule has 0 spiro atoms. The van der Waals surface area contributed by atoms with Gasteiger partial charge in [0.2, 0.25) is 0 Å². The van der Waals surface area contributed by atoms with Gasteiger partial charge < -0.3 is 4.74 Å². The standard InChI is InChI=1S/C15H14ClN3O2/c1-3-11-12(4-2)17-8-7-13(11)21-10-9-19-15(20)6-5-14(16)18-19/h3-8H,1-2,9-10H2. The maximum Gasteiger partial charge on any atom is 0.266 e. The fourth-order valence-corrected chi connectivity index (χ4v) is 1.95. The number of rotatable bonds is 6. The van der Waals surface area contributed by atoms with Crippen LogP contribution < -0.4 is 10.3 Å². The van der Waals surface area contributed by atoms with Gasteiger partial charge in [-0.2, -0.15) is 5.10 Å². The predicted molar refractivity (Wildman–Crippen MR) is 83.4 cm³/mol. The van der Waals surface area contributed by atoms with Crippen molar-refractivity contribution in [1.29, 1.82) is 0 Å². The van der Waals surface area contributed by atoms with Crippen LogP contribution in [-0.4, -0.2) is 21.4 Å². The lowest BCUT2D eigenvalue weighted by Crippen LogP contribution is -2.24. The molecular formula is C15H14ClN3O2. The van der Waals surface area contributed by atoms with Gasteiger partial charge in [-0.05, 0) is 18.2 Å². The van der Waals surface area contributed by atoms with Crippen molar-refractivity contribution in [1.82, 2.24) is 14.8 Å². The molecule has 0 amide bonds. The first-order chi connectivity index (χ1) is 10.2. The van der Waals surface area contributed by atoms with Crippen LogP contribution in [0.1, 0.15) is 11.3 Å². The van der Waals surface area contributed by atoms with E-state index in [1.807, 2.05) is 0 Å². The number of hydrogen-bond donors (Lipinski definition) is 0. The van der Waals surface area contributed by atoms with Crippen LogP contribution in [0, 0.1) is 0 Å². The molecule has 5 nitrogen and oxygen atoms in total. The molecule has 0 aliphatic carbocycles. The largest absolute Gasteiger partial charge is 0.491 e. The van der Waals surface area contributed by atoms with Crippen molar-refractivity contribution < 1.29 is 4.74 Å². The van der Waals surface area contributed by atoms with Crippen molar-refractivity contribution in [2.24, 2.45) is 0 Å². The molecule has 0 saturated heterocycles. The van der Waals surface area contributed by atoms with Gasteiger partial charge in [-0.3, -0.25) is 9.78 Å². The lowest BCUT2D eigenvalue weighted by molar-refractivity contribution is 0.287. The van der Waals surface area contributed by atoms with Crippen LogP contribution in [-0.2, 0) is 6.54 Å². The van der Waals surface area contributed by atoms with Crippen LogP contribution in [0.2, 0.25) is 5.15 Å². The summed E-state index contributed by atoms with van der Waals surface area (Å²) in [5.41, 5.74) is 1.23. The first kappa shape index (κ1) is 15.0. The van der Waals surface area contributed by atoms with Crippen LogP contribution in [0.5, 0.6) is 5.75 Å². The Hall–Kier alpha value is -2.40. The third kappa shape index (κ3) is 3.58. The molecule has 0 aliphatic heterocycles. The summed E-state index contributed by atoms with van der Waals surface area (Å²) in [7, 11) is 0. The number of halogens is 1. The Morgan fingerprint density at radius 2 is 2.10 bits per heavy atom. The molecule has 0 aliphatic rings. The van der Waals surface area contributed by atoms with Gasteiger partial charge in [0.05, 0.1) is 12.2 Å². The Balaban J connectivity index is 2.10. The number of hydrogen-bond acceptors (Lipinski definition) is 4. The topological polar surface area (TPSA) is 57.0 Å². The average molecular weight is 304 g/mol. The summed E-state index contributed by atoms with van der Waals surface area (Å²) in [5.74, 6) is 0.630. The molecule has 2 aromatic rings. The molecular weight excluding hydrogens is 290 g/mol. The summed E-state index contributed by atoms with van der Waals surface area (Å²) in [6.45, 7) is 8.00. The predicted octanol–water partition coefficient (Wildman–Crippen LogP) is 2.66. The highest BCUT2D eigenvalue weighted by Gasteiger charge is 2.06. The first-order valence-electron chi connectivity index (χ1n) is 6.26. The average Bonchev–Trinajstić information content (AvgIpc) is 2.50. The molecule has 21 heavy (non-hydrogen) atoms. The zero-order chi connectivity index (χ0) is 15.2. The van der Waals surface area contributed by atoms with Crippen molar-refractivity contribution in [3.8, 4) is 5.75 Å². The van der Waals surface area contributed by atoms with Crippen LogP contribution in [0.3, 0.4) is 0 Å². The Kier molecular flexibility index (Phi) is 4.90. The van der Waals surface area contributed by atoms with E-state index in [2.05, 4.69) is 23.2 Å². The molecule has 0 radical (unpaired) electrons. The zero-order valence-electron chi connectivity index (χ0n) is 11.3. The molecule has 2 aromatic heterocycles. The zero-order valence-corrected chi connectivity index (χ0v) is 12.1. The van der Waals surface area contributed by atoms with E-state index in [-0.39, 0.29) is 17.3 Å². The molecule has 0 aromatic carbocycles. The highest BCUT2D eigenvalue weighted by Crippen LogP contribution is 2.22. The van der Waals surface area contributed by atoms with E-state index >= 15 is 0 Å². The molecule has 108 valence electrons. The first-order valence-corrected chi connectivity index (χ1v) is 6.64. The highest BCUT2D eigenvalue weighted by molar-refractivity contribution is 6.29. The number of pyridine rings is 1. The van der Waals surface area contributed by atoms with Crippen molar-refractivity contribution >= 4 is 23.8 Å². The molecule has 6 heteroatoms. The van der Waals surface area contributed by atoms with Gasteiger partial charge in [-0.15, -0.1) is 0 Å².